The lowest BCUT2D eigenvalue weighted by atomic mass is 9.82. The Labute approximate surface area is 122 Å². The lowest BCUT2D eigenvalue weighted by Crippen LogP contribution is -2.26. The van der Waals surface area contributed by atoms with Crippen LogP contribution in [-0.4, -0.2) is 5.78 Å². The normalized spacial score (nSPS) is 16.8. The highest BCUT2D eigenvalue weighted by Crippen LogP contribution is 2.51. The summed E-state index contributed by atoms with van der Waals surface area (Å²) in [4.78, 5) is 12.8. The molecule has 1 unspecified atom stereocenters. The summed E-state index contributed by atoms with van der Waals surface area (Å²) in [5, 5.41) is 9.37. The molecule has 3 heteroatoms. The molecule has 2 aromatic rings. The zero-order chi connectivity index (χ0) is 14.9. The molecule has 0 spiro atoms. The number of hydrogen-bond donors (Lipinski definition) is 0. The second-order valence-corrected chi connectivity index (χ2v) is 5.40. The fourth-order valence-corrected chi connectivity index (χ4v) is 2.81. The number of nitriles is 1. The SMILES string of the molecule is N#CC(C(=O)C1(c2ccccc2)CC1)c1ccccc1F. The Bertz CT molecular complexity index is 713. The number of Topliss-reactive ketones (excluding diaryl/α,β-unsaturated/α-hetero) is 1. The van der Waals surface area contributed by atoms with Crippen LogP contribution in [0.5, 0.6) is 0 Å². The molecular weight excluding hydrogens is 265 g/mol. The average Bonchev–Trinajstić information content (AvgIpc) is 3.32. The molecule has 1 aliphatic carbocycles. The maximum Gasteiger partial charge on any atom is 0.165 e. The van der Waals surface area contributed by atoms with E-state index in [-0.39, 0.29) is 11.3 Å². The number of hydrogen-bond acceptors (Lipinski definition) is 2. The van der Waals surface area contributed by atoms with E-state index in [1.165, 1.54) is 12.1 Å². The van der Waals surface area contributed by atoms with E-state index in [0.29, 0.717) is 0 Å². The van der Waals surface area contributed by atoms with Gasteiger partial charge in [-0.15, -0.1) is 0 Å². The van der Waals surface area contributed by atoms with E-state index in [1.54, 1.807) is 12.1 Å². The molecule has 0 radical (unpaired) electrons. The van der Waals surface area contributed by atoms with Crippen molar-refractivity contribution in [3.05, 3.63) is 71.5 Å². The third-order valence-electron chi connectivity index (χ3n) is 4.16. The minimum Gasteiger partial charge on any atom is -0.297 e. The van der Waals surface area contributed by atoms with Crippen LogP contribution in [0.1, 0.15) is 29.9 Å². The van der Waals surface area contributed by atoms with Gasteiger partial charge in [0, 0.05) is 5.56 Å². The van der Waals surface area contributed by atoms with Crippen molar-refractivity contribution < 1.29 is 9.18 Å². The molecule has 1 atom stereocenters. The molecular formula is C18H14FNO. The number of halogens is 1. The summed E-state index contributed by atoms with van der Waals surface area (Å²) in [6.45, 7) is 0. The van der Waals surface area contributed by atoms with E-state index in [0.717, 1.165) is 18.4 Å². The first-order chi connectivity index (χ1) is 10.2. The first-order valence-corrected chi connectivity index (χ1v) is 6.93. The van der Waals surface area contributed by atoms with Gasteiger partial charge in [0.15, 0.2) is 5.78 Å². The van der Waals surface area contributed by atoms with E-state index >= 15 is 0 Å². The molecule has 2 aromatic carbocycles. The topological polar surface area (TPSA) is 40.9 Å². The zero-order valence-electron chi connectivity index (χ0n) is 11.4. The van der Waals surface area contributed by atoms with Gasteiger partial charge < -0.3 is 0 Å². The van der Waals surface area contributed by atoms with Crippen LogP contribution >= 0.6 is 0 Å². The van der Waals surface area contributed by atoms with Gasteiger partial charge in [0.1, 0.15) is 11.7 Å². The summed E-state index contributed by atoms with van der Waals surface area (Å²) in [5.74, 6) is -1.74. The molecule has 0 aromatic heterocycles. The molecule has 0 heterocycles. The van der Waals surface area contributed by atoms with Gasteiger partial charge in [-0.2, -0.15) is 5.26 Å². The Morgan fingerprint density at radius 2 is 1.71 bits per heavy atom. The van der Waals surface area contributed by atoms with Crippen LogP contribution in [0.25, 0.3) is 0 Å². The van der Waals surface area contributed by atoms with Crippen LogP contribution in [-0.2, 0) is 10.2 Å². The van der Waals surface area contributed by atoms with Gasteiger partial charge in [-0.3, -0.25) is 4.79 Å². The van der Waals surface area contributed by atoms with Gasteiger partial charge in [-0.1, -0.05) is 48.5 Å². The third kappa shape index (κ3) is 2.23. The fourth-order valence-electron chi connectivity index (χ4n) is 2.81. The summed E-state index contributed by atoms with van der Waals surface area (Å²) in [6.07, 6.45) is 1.45. The first-order valence-electron chi connectivity index (χ1n) is 6.93. The van der Waals surface area contributed by atoms with Crippen molar-refractivity contribution in [1.82, 2.24) is 0 Å². The van der Waals surface area contributed by atoms with Gasteiger partial charge in [-0.05, 0) is 24.5 Å². The quantitative estimate of drug-likeness (QED) is 0.855. The fraction of sp³-hybridized carbons (Fsp3) is 0.222. The second kappa shape index (κ2) is 5.14. The minimum atomic E-state index is -1.05. The van der Waals surface area contributed by atoms with Crippen molar-refractivity contribution in [2.45, 2.75) is 24.2 Å². The molecule has 21 heavy (non-hydrogen) atoms. The predicted molar refractivity (Wildman–Crippen MR) is 77.1 cm³/mol. The van der Waals surface area contributed by atoms with E-state index in [1.807, 2.05) is 36.4 Å². The summed E-state index contributed by atoms with van der Waals surface area (Å²) in [6, 6.07) is 17.5. The molecule has 1 saturated carbocycles. The molecule has 0 aliphatic heterocycles. The van der Waals surface area contributed by atoms with Crippen LogP contribution in [0.2, 0.25) is 0 Å². The smallest absolute Gasteiger partial charge is 0.165 e. The summed E-state index contributed by atoms with van der Waals surface area (Å²) in [5.41, 5.74) is 0.489. The summed E-state index contributed by atoms with van der Waals surface area (Å²) >= 11 is 0. The summed E-state index contributed by atoms with van der Waals surface area (Å²) < 4.78 is 13.9. The van der Waals surface area contributed by atoms with Gasteiger partial charge in [-0.25, -0.2) is 4.39 Å². The monoisotopic (exact) mass is 279 g/mol. The molecule has 1 fully saturated rings. The molecule has 0 N–H and O–H groups in total. The zero-order valence-corrected chi connectivity index (χ0v) is 11.4. The van der Waals surface area contributed by atoms with Crippen molar-refractivity contribution in [1.29, 1.82) is 5.26 Å². The van der Waals surface area contributed by atoms with Crippen LogP contribution in [0.4, 0.5) is 4.39 Å². The van der Waals surface area contributed by atoms with Crippen molar-refractivity contribution >= 4 is 5.78 Å². The first kappa shape index (κ1) is 13.5. The van der Waals surface area contributed by atoms with E-state index in [2.05, 4.69) is 0 Å². The molecule has 104 valence electrons. The Kier molecular flexibility index (Phi) is 3.31. The van der Waals surface area contributed by atoms with Gasteiger partial charge >= 0.3 is 0 Å². The van der Waals surface area contributed by atoms with Gasteiger partial charge in [0.2, 0.25) is 0 Å². The Morgan fingerprint density at radius 3 is 2.29 bits per heavy atom. The van der Waals surface area contributed by atoms with Crippen molar-refractivity contribution in [2.24, 2.45) is 0 Å². The van der Waals surface area contributed by atoms with Crippen LogP contribution < -0.4 is 0 Å². The number of benzene rings is 2. The second-order valence-electron chi connectivity index (χ2n) is 5.40. The molecule has 0 bridgehead atoms. The molecule has 2 nitrogen and oxygen atoms in total. The Morgan fingerprint density at radius 1 is 1.10 bits per heavy atom. The number of nitrogens with zero attached hydrogens (tertiary/aromatic N) is 1. The highest BCUT2D eigenvalue weighted by molar-refractivity contribution is 5.99. The standard InChI is InChI=1S/C18H14FNO/c19-16-9-5-4-8-14(16)15(12-20)17(21)18(10-11-18)13-6-2-1-3-7-13/h1-9,15H,10-11H2. The van der Waals surface area contributed by atoms with Crippen LogP contribution in [0.3, 0.4) is 0 Å². The van der Waals surface area contributed by atoms with Gasteiger partial charge in [0.25, 0.3) is 0 Å². The number of ketones is 1. The maximum atomic E-state index is 13.9. The number of rotatable bonds is 4. The number of carbonyl (C=O) groups is 1. The third-order valence-corrected chi connectivity index (χ3v) is 4.16. The van der Waals surface area contributed by atoms with Crippen LogP contribution in [0, 0.1) is 17.1 Å². The maximum absolute atomic E-state index is 13.9. The predicted octanol–water partition coefficient (Wildman–Crippen LogP) is 3.73. The molecule has 3 rings (SSSR count). The molecule has 1 aliphatic rings. The largest absolute Gasteiger partial charge is 0.297 e. The van der Waals surface area contributed by atoms with Crippen molar-refractivity contribution in [3.63, 3.8) is 0 Å². The number of carbonyl (C=O) groups excluding carboxylic acids is 1. The molecule has 0 amide bonds. The molecule has 0 saturated heterocycles. The Hall–Kier alpha value is -2.47. The Balaban J connectivity index is 1.98. The van der Waals surface area contributed by atoms with Gasteiger partial charge in [0.05, 0.1) is 11.5 Å². The summed E-state index contributed by atoms with van der Waals surface area (Å²) in [7, 11) is 0. The lowest BCUT2D eigenvalue weighted by Gasteiger charge is -2.18. The lowest BCUT2D eigenvalue weighted by molar-refractivity contribution is -0.121. The van der Waals surface area contributed by atoms with E-state index in [4.69, 9.17) is 0 Å². The minimum absolute atomic E-state index is 0.173. The van der Waals surface area contributed by atoms with E-state index in [9.17, 15) is 14.4 Å². The van der Waals surface area contributed by atoms with E-state index < -0.39 is 17.2 Å². The van der Waals surface area contributed by atoms with Crippen molar-refractivity contribution in [2.75, 3.05) is 0 Å². The van der Waals surface area contributed by atoms with Crippen LogP contribution in [0.15, 0.2) is 54.6 Å². The van der Waals surface area contributed by atoms with Crippen molar-refractivity contribution in [3.8, 4) is 6.07 Å². The highest BCUT2D eigenvalue weighted by atomic mass is 19.1. The average molecular weight is 279 g/mol. The highest BCUT2D eigenvalue weighted by Gasteiger charge is 2.53.